The van der Waals surface area contributed by atoms with E-state index >= 15 is 0 Å². The summed E-state index contributed by atoms with van der Waals surface area (Å²) in [6.07, 6.45) is 4.30. The van der Waals surface area contributed by atoms with E-state index in [1.54, 1.807) is 7.11 Å². The van der Waals surface area contributed by atoms with Crippen LogP contribution < -0.4 is 10.1 Å². The number of ether oxygens (including phenoxy) is 2. The normalized spacial score (nSPS) is 14.0. The Morgan fingerprint density at radius 3 is 2.96 bits per heavy atom. The van der Waals surface area contributed by atoms with Crippen molar-refractivity contribution in [2.45, 2.75) is 32.6 Å². The third kappa shape index (κ3) is 3.34. The first-order valence-corrected chi connectivity index (χ1v) is 8.41. The van der Waals surface area contributed by atoms with Gasteiger partial charge in [0, 0.05) is 25.1 Å². The molecule has 5 heteroatoms. The Bertz CT molecular complexity index is 652. The van der Waals surface area contributed by atoms with Crippen LogP contribution in [0.25, 0.3) is 5.69 Å². The molecule has 5 nitrogen and oxygen atoms in total. The van der Waals surface area contributed by atoms with Gasteiger partial charge in [-0.05, 0) is 38.3 Å². The minimum Gasteiger partial charge on any atom is -0.494 e. The van der Waals surface area contributed by atoms with Gasteiger partial charge in [0.2, 0.25) is 0 Å². The van der Waals surface area contributed by atoms with Gasteiger partial charge in [0.05, 0.1) is 19.4 Å². The van der Waals surface area contributed by atoms with E-state index in [1.165, 1.54) is 18.4 Å². The molecule has 0 fully saturated rings. The highest BCUT2D eigenvalue weighted by Crippen LogP contribution is 2.31. The van der Waals surface area contributed by atoms with Crippen molar-refractivity contribution in [3.8, 4) is 11.4 Å². The second-order valence-electron chi connectivity index (χ2n) is 5.69. The molecule has 3 rings (SSSR count). The molecule has 0 amide bonds. The summed E-state index contributed by atoms with van der Waals surface area (Å²) < 4.78 is 13.0. The second kappa shape index (κ2) is 7.51. The van der Waals surface area contributed by atoms with E-state index in [9.17, 15) is 0 Å². The third-order valence-electron chi connectivity index (χ3n) is 4.21. The van der Waals surface area contributed by atoms with Crippen molar-refractivity contribution in [3.63, 3.8) is 0 Å². The molecule has 1 aromatic carbocycles. The summed E-state index contributed by atoms with van der Waals surface area (Å²) in [4.78, 5) is 0. The quantitative estimate of drug-likeness (QED) is 0.832. The largest absolute Gasteiger partial charge is 0.494 e. The predicted octanol–water partition coefficient (Wildman–Crippen LogP) is 3.21. The number of nitrogens with zero attached hydrogens (tertiary/aromatic N) is 2. The first-order valence-electron chi connectivity index (χ1n) is 8.41. The van der Waals surface area contributed by atoms with Crippen molar-refractivity contribution in [1.29, 1.82) is 0 Å². The average molecular weight is 315 g/mol. The molecular formula is C18H25N3O2. The molecule has 0 radical (unpaired) electrons. The fourth-order valence-electron chi connectivity index (χ4n) is 3.07. The highest BCUT2D eigenvalue weighted by atomic mass is 16.5. The van der Waals surface area contributed by atoms with Gasteiger partial charge in [-0.2, -0.15) is 5.10 Å². The van der Waals surface area contributed by atoms with Crippen LogP contribution in [0.1, 0.15) is 31.0 Å². The van der Waals surface area contributed by atoms with Crippen LogP contribution in [-0.4, -0.2) is 36.6 Å². The summed E-state index contributed by atoms with van der Waals surface area (Å²) >= 11 is 0. The van der Waals surface area contributed by atoms with E-state index in [0.29, 0.717) is 6.61 Å². The maximum Gasteiger partial charge on any atom is 0.144 e. The fraction of sp³-hybridized carbons (Fsp3) is 0.500. The number of fused-ring (bicyclic) bond motifs is 1. The smallest absolute Gasteiger partial charge is 0.144 e. The number of rotatable bonds is 6. The van der Waals surface area contributed by atoms with E-state index in [-0.39, 0.29) is 0 Å². The molecule has 2 heterocycles. The lowest BCUT2D eigenvalue weighted by atomic mass is 10.1. The minimum absolute atomic E-state index is 0.714. The lowest BCUT2D eigenvalue weighted by Gasteiger charge is -2.12. The standard InChI is InChI=1S/C18H25N3O2/c1-3-23-13-11-15-14-8-6-7-12-19-18(14)21(20-15)16-9-4-5-10-17(16)22-2/h4-5,9-10,19H,3,6-8,11-13H2,1-2H3. The number of hydrogen-bond donors (Lipinski definition) is 1. The van der Waals surface area contributed by atoms with Gasteiger partial charge in [-0.1, -0.05) is 12.1 Å². The van der Waals surface area contributed by atoms with Crippen LogP contribution in [0.3, 0.4) is 0 Å². The van der Waals surface area contributed by atoms with Crippen molar-refractivity contribution < 1.29 is 9.47 Å². The SMILES string of the molecule is CCOCCc1nn(-c2ccccc2OC)c2c1CCCCN2. The number of nitrogens with one attached hydrogen (secondary N) is 1. The molecule has 0 saturated heterocycles. The van der Waals surface area contributed by atoms with E-state index in [0.717, 1.165) is 48.9 Å². The maximum absolute atomic E-state index is 5.53. The molecule has 1 aliphatic heterocycles. The number of aromatic nitrogens is 2. The molecule has 0 aliphatic carbocycles. The maximum atomic E-state index is 5.53. The summed E-state index contributed by atoms with van der Waals surface area (Å²) in [5.41, 5.74) is 3.44. The number of methoxy groups -OCH3 is 1. The Labute approximate surface area is 137 Å². The Morgan fingerprint density at radius 2 is 2.13 bits per heavy atom. The van der Waals surface area contributed by atoms with Crippen LogP contribution in [0.15, 0.2) is 24.3 Å². The first kappa shape index (κ1) is 15.9. The molecule has 0 bridgehead atoms. The van der Waals surface area contributed by atoms with Gasteiger partial charge in [0.1, 0.15) is 17.3 Å². The van der Waals surface area contributed by atoms with Crippen LogP contribution in [0.2, 0.25) is 0 Å². The number of anilines is 1. The van der Waals surface area contributed by atoms with Crippen LogP contribution in [0.4, 0.5) is 5.82 Å². The van der Waals surface area contributed by atoms with Crippen LogP contribution in [0.5, 0.6) is 5.75 Å². The summed E-state index contributed by atoms with van der Waals surface area (Å²) in [6, 6.07) is 8.02. The van der Waals surface area contributed by atoms with Crippen molar-refractivity contribution >= 4 is 5.82 Å². The average Bonchev–Trinajstić information content (AvgIpc) is 2.76. The zero-order chi connectivity index (χ0) is 16.1. The fourth-order valence-corrected chi connectivity index (χ4v) is 3.07. The zero-order valence-corrected chi connectivity index (χ0v) is 14.0. The summed E-state index contributed by atoms with van der Waals surface area (Å²) in [7, 11) is 1.70. The van der Waals surface area contributed by atoms with Crippen molar-refractivity contribution in [2.24, 2.45) is 0 Å². The molecule has 1 aromatic heterocycles. The molecule has 1 aliphatic rings. The van der Waals surface area contributed by atoms with Gasteiger partial charge in [-0.25, -0.2) is 4.68 Å². The topological polar surface area (TPSA) is 48.3 Å². The predicted molar refractivity (Wildman–Crippen MR) is 91.7 cm³/mol. The van der Waals surface area contributed by atoms with Crippen molar-refractivity contribution in [2.75, 3.05) is 32.2 Å². The molecule has 0 atom stereocenters. The molecule has 23 heavy (non-hydrogen) atoms. The molecule has 0 unspecified atom stereocenters. The van der Waals surface area contributed by atoms with E-state index in [4.69, 9.17) is 14.6 Å². The van der Waals surface area contributed by atoms with Gasteiger partial charge < -0.3 is 14.8 Å². The number of para-hydroxylation sites is 2. The third-order valence-corrected chi connectivity index (χ3v) is 4.21. The van der Waals surface area contributed by atoms with Crippen molar-refractivity contribution in [3.05, 3.63) is 35.5 Å². The van der Waals surface area contributed by atoms with Crippen LogP contribution in [-0.2, 0) is 17.6 Å². The Hall–Kier alpha value is -2.01. The Balaban J connectivity index is 2.02. The molecular weight excluding hydrogens is 290 g/mol. The van der Waals surface area contributed by atoms with Gasteiger partial charge in [0.15, 0.2) is 0 Å². The van der Waals surface area contributed by atoms with Gasteiger partial charge in [-0.15, -0.1) is 0 Å². The number of benzene rings is 1. The molecule has 1 N–H and O–H groups in total. The summed E-state index contributed by atoms with van der Waals surface area (Å²) in [5.74, 6) is 1.94. The molecule has 0 spiro atoms. The molecule has 2 aromatic rings. The van der Waals surface area contributed by atoms with Gasteiger partial charge >= 0.3 is 0 Å². The first-order chi connectivity index (χ1) is 11.3. The lowest BCUT2D eigenvalue weighted by molar-refractivity contribution is 0.150. The molecule has 0 saturated carbocycles. The van der Waals surface area contributed by atoms with E-state index in [1.807, 2.05) is 35.9 Å². The van der Waals surface area contributed by atoms with Gasteiger partial charge in [0.25, 0.3) is 0 Å². The monoisotopic (exact) mass is 315 g/mol. The highest BCUT2D eigenvalue weighted by molar-refractivity contribution is 5.58. The zero-order valence-electron chi connectivity index (χ0n) is 14.0. The minimum atomic E-state index is 0.714. The van der Waals surface area contributed by atoms with Crippen LogP contribution in [0, 0.1) is 0 Å². The Morgan fingerprint density at radius 1 is 1.26 bits per heavy atom. The Kier molecular flexibility index (Phi) is 5.18. The summed E-state index contributed by atoms with van der Waals surface area (Å²) in [6.45, 7) is 4.47. The second-order valence-corrected chi connectivity index (χ2v) is 5.69. The van der Waals surface area contributed by atoms with Gasteiger partial charge in [-0.3, -0.25) is 0 Å². The van der Waals surface area contributed by atoms with E-state index < -0.39 is 0 Å². The van der Waals surface area contributed by atoms with Crippen LogP contribution >= 0.6 is 0 Å². The summed E-state index contributed by atoms with van der Waals surface area (Å²) in [5, 5.41) is 8.44. The van der Waals surface area contributed by atoms with E-state index in [2.05, 4.69) is 5.32 Å². The highest BCUT2D eigenvalue weighted by Gasteiger charge is 2.21. The lowest BCUT2D eigenvalue weighted by Crippen LogP contribution is -2.08. The number of hydrogen-bond acceptors (Lipinski definition) is 4. The molecule has 124 valence electrons. The van der Waals surface area contributed by atoms with Crippen molar-refractivity contribution in [1.82, 2.24) is 9.78 Å².